The first-order valence-corrected chi connectivity index (χ1v) is 25.7. The summed E-state index contributed by atoms with van der Waals surface area (Å²) >= 11 is 0. The maximum absolute atomic E-state index is 1.71. The van der Waals surface area contributed by atoms with Crippen LogP contribution in [0.25, 0.3) is 0 Å². The van der Waals surface area contributed by atoms with E-state index < -0.39 is 0 Å². The Kier molecular flexibility index (Phi) is 10.2. The van der Waals surface area contributed by atoms with Crippen LogP contribution in [0.15, 0.2) is 0 Å². The van der Waals surface area contributed by atoms with Gasteiger partial charge >= 0.3 is 0 Å². The van der Waals surface area contributed by atoms with E-state index in [-0.39, 0.29) is 0 Å². The number of fused-ring (bicyclic) bond motifs is 8. The zero-order valence-corrected chi connectivity index (χ0v) is 34.2. The molecule has 11 aliphatic carbocycles. The molecule has 0 radical (unpaired) electrons. The summed E-state index contributed by atoms with van der Waals surface area (Å²) in [6, 6.07) is 0. The lowest BCUT2D eigenvalue weighted by molar-refractivity contribution is -0.0245. The molecule has 0 heterocycles. The van der Waals surface area contributed by atoms with Crippen molar-refractivity contribution in [3.8, 4) is 0 Å². The van der Waals surface area contributed by atoms with Crippen LogP contribution in [0.1, 0.15) is 205 Å². The van der Waals surface area contributed by atoms with E-state index in [1.807, 2.05) is 0 Å². The van der Waals surface area contributed by atoms with Gasteiger partial charge < -0.3 is 0 Å². The second kappa shape index (κ2) is 15.1. The van der Waals surface area contributed by atoms with Crippen molar-refractivity contribution in [1.82, 2.24) is 0 Å². The summed E-state index contributed by atoms with van der Waals surface area (Å²) in [6.45, 7) is 0. The molecular weight excluding hydrogens is 625 g/mol. The summed E-state index contributed by atoms with van der Waals surface area (Å²) in [5.41, 5.74) is 0. The summed E-state index contributed by atoms with van der Waals surface area (Å²) < 4.78 is 0. The van der Waals surface area contributed by atoms with Gasteiger partial charge in [-0.25, -0.2) is 0 Å². The Morgan fingerprint density at radius 3 is 1.19 bits per heavy atom. The Balaban J connectivity index is 0.860. The minimum Gasteiger partial charge on any atom is -0.0533 e. The molecule has 0 aromatic carbocycles. The Hall–Kier alpha value is 0. The quantitative estimate of drug-likeness (QED) is 0.273. The molecule has 11 rings (SSSR count). The second-order valence-electron chi connectivity index (χ2n) is 23.9. The third-order valence-electron chi connectivity index (χ3n) is 22.1. The molecule has 0 aliphatic heterocycles. The zero-order valence-electron chi connectivity index (χ0n) is 34.2. The molecule has 19 atom stereocenters. The van der Waals surface area contributed by atoms with Gasteiger partial charge in [-0.3, -0.25) is 0 Å². The molecular formula is C52H84. The molecule has 0 aromatic rings. The summed E-state index contributed by atoms with van der Waals surface area (Å²) in [7, 11) is 0. The predicted octanol–water partition coefficient (Wildman–Crippen LogP) is 14.9. The highest BCUT2D eigenvalue weighted by Gasteiger charge is 2.56. The van der Waals surface area contributed by atoms with Gasteiger partial charge in [0.05, 0.1) is 0 Å². The SMILES string of the molecule is C1CCC(C2CC(C3CC(C4CCC5CCCCC5C4)CC(C4CCC5C(C4)CC4CCCCC45)C3)CC3C4CC5CCCCC5CC4CC23)CC1. The van der Waals surface area contributed by atoms with Gasteiger partial charge in [0, 0.05) is 0 Å². The van der Waals surface area contributed by atoms with E-state index in [4.69, 9.17) is 0 Å². The van der Waals surface area contributed by atoms with E-state index in [1.165, 1.54) is 0 Å². The van der Waals surface area contributed by atoms with Gasteiger partial charge in [-0.05, 0) is 221 Å². The van der Waals surface area contributed by atoms with Crippen molar-refractivity contribution in [3.05, 3.63) is 0 Å². The Bertz CT molecular complexity index is 1190. The molecule has 0 N–H and O–H groups in total. The highest BCUT2D eigenvalue weighted by atomic mass is 14.6. The third kappa shape index (κ3) is 6.59. The number of hydrogen-bond donors (Lipinski definition) is 0. The first-order valence-electron chi connectivity index (χ1n) is 25.7. The lowest BCUT2D eigenvalue weighted by Gasteiger charge is -2.52. The summed E-state index contributed by atoms with van der Waals surface area (Å²) in [6.07, 6.45) is 52.1. The van der Waals surface area contributed by atoms with Crippen LogP contribution in [0, 0.1) is 118 Å². The van der Waals surface area contributed by atoms with E-state index in [0.29, 0.717) is 0 Å². The van der Waals surface area contributed by atoms with E-state index in [0.717, 1.165) is 118 Å². The van der Waals surface area contributed by atoms with Gasteiger partial charge in [-0.2, -0.15) is 0 Å². The second-order valence-corrected chi connectivity index (χ2v) is 23.9. The van der Waals surface area contributed by atoms with Crippen LogP contribution in [0.4, 0.5) is 0 Å². The van der Waals surface area contributed by atoms with Gasteiger partial charge in [0.15, 0.2) is 0 Å². The standard InChI is InChI=1S/C52H84/c1-2-11-34(12-3-1)49-30-44(31-51-50-29-37-15-7-6-14-36(37)23-46(50)32-52(49)51)43-27-41(38-19-18-33-10-4-5-13-35(33)22-38)26-42(28-43)39-20-21-48-45(24-39)25-40-16-8-9-17-47(40)48/h33-52H,1-32H2. The number of rotatable bonds is 4. The smallest absolute Gasteiger partial charge is 0.0349 e. The van der Waals surface area contributed by atoms with Crippen molar-refractivity contribution in [2.75, 3.05) is 0 Å². The van der Waals surface area contributed by atoms with Crippen LogP contribution in [0.3, 0.4) is 0 Å². The van der Waals surface area contributed by atoms with Crippen LogP contribution in [0.5, 0.6) is 0 Å². The molecule has 11 saturated carbocycles. The normalized spacial score (nSPS) is 55.3. The van der Waals surface area contributed by atoms with Gasteiger partial charge in [0.25, 0.3) is 0 Å². The largest absolute Gasteiger partial charge is 0.0533 e. The van der Waals surface area contributed by atoms with E-state index in [2.05, 4.69) is 0 Å². The monoisotopic (exact) mass is 709 g/mol. The molecule has 52 heavy (non-hydrogen) atoms. The first-order chi connectivity index (χ1) is 25.7. The van der Waals surface area contributed by atoms with Crippen LogP contribution in [-0.4, -0.2) is 0 Å². The van der Waals surface area contributed by atoms with E-state index in [1.54, 1.807) is 205 Å². The topological polar surface area (TPSA) is 0 Å². The molecule has 0 bridgehead atoms. The average molecular weight is 709 g/mol. The van der Waals surface area contributed by atoms with Crippen LogP contribution in [0.2, 0.25) is 0 Å². The van der Waals surface area contributed by atoms with Crippen LogP contribution in [-0.2, 0) is 0 Å². The molecule has 292 valence electrons. The van der Waals surface area contributed by atoms with Crippen molar-refractivity contribution in [2.45, 2.75) is 205 Å². The van der Waals surface area contributed by atoms with Crippen molar-refractivity contribution >= 4 is 0 Å². The Morgan fingerprint density at radius 2 is 0.462 bits per heavy atom. The maximum atomic E-state index is 1.71. The lowest BCUT2D eigenvalue weighted by Crippen LogP contribution is -2.43. The van der Waals surface area contributed by atoms with E-state index in [9.17, 15) is 0 Å². The molecule has 11 fully saturated rings. The third-order valence-corrected chi connectivity index (χ3v) is 22.1. The lowest BCUT2D eigenvalue weighted by atomic mass is 9.53. The molecule has 0 heteroatoms. The minimum absolute atomic E-state index is 1.11. The fourth-order valence-electron chi connectivity index (χ4n) is 20.0. The van der Waals surface area contributed by atoms with Crippen LogP contribution < -0.4 is 0 Å². The van der Waals surface area contributed by atoms with Gasteiger partial charge in [-0.1, -0.05) is 103 Å². The Morgan fingerprint density at radius 1 is 0.135 bits per heavy atom. The fraction of sp³-hybridized carbons (Fsp3) is 1.00. The highest BCUT2D eigenvalue weighted by Crippen LogP contribution is 2.65. The van der Waals surface area contributed by atoms with Gasteiger partial charge in [0.2, 0.25) is 0 Å². The van der Waals surface area contributed by atoms with Crippen molar-refractivity contribution < 1.29 is 0 Å². The van der Waals surface area contributed by atoms with Crippen LogP contribution >= 0.6 is 0 Å². The highest BCUT2D eigenvalue weighted by molar-refractivity contribution is 5.06. The van der Waals surface area contributed by atoms with Gasteiger partial charge in [-0.15, -0.1) is 0 Å². The molecule has 0 aromatic heterocycles. The zero-order chi connectivity index (χ0) is 34.2. The summed E-state index contributed by atoms with van der Waals surface area (Å²) in [5, 5.41) is 0. The molecule has 0 saturated heterocycles. The van der Waals surface area contributed by atoms with Crippen molar-refractivity contribution in [3.63, 3.8) is 0 Å². The summed E-state index contributed by atoms with van der Waals surface area (Å²) in [4.78, 5) is 0. The molecule has 19 unspecified atom stereocenters. The summed E-state index contributed by atoms with van der Waals surface area (Å²) in [5.74, 6) is 22.6. The number of hydrogen-bond acceptors (Lipinski definition) is 0. The van der Waals surface area contributed by atoms with Crippen molar-refractivity contribution in [1.29, 1.82) is 0 Å². The maximum Gasteiger partial charge on any atom is -0.0349 e. The van der Waals surface area contributed by atoms with Crippen molar-refractivity contribution in [2.24, 2.45) is 118 Å². The molecule has 0 nitrogen and oxygen atoms in total. The molecule has 0 amide bonds. The molecule has 0 spiro atoms. The minimum atomic E-state index is 1.11. The van der Waals surface area contributed by atoms with E-state index >= 15 is 0 Å². The fourth-order valence-corrected chi connectivity index (χ4v) is 20.0. The predicted molar refractivity (Wildman–Crippen MR) is 218 cm³/mol. The average Bonchev–Trinajstić information content (AvgIpc) is 3.77. The molecule has 11 aliphatic rings. The van der Waals surface area contributed by atoms with Gasteiger partial charge in [0.1, 0.15) is 0 Å². The Labute approximate surface area is 322 Å². The first kappa shape index (κ1) is 35.2.